The molecule has 0 aliphatic carbocycles. The van der Waals surface area contributed by atoms with Gasteiger partial charge in [0.2, 0.25) is 5.95 Å². The van der Waals surface area contributed by atoms with E-state index in [-0.39, 0.29) is 12.0 Å². The van der Waals surface area contributed by atoms with Crippen LogP contribution in [0.5, 0.6) is 0 Å². The van der Waals surface area contributed by atoms with Crippen LogP contribution >= 0.6 is 0 Å². The van der Waals surface area contributed by atoms with Crippen LogP contribution in [-0.2, 0) is 11.2 Å². The molecule has 8 heteroatoms. The monoisotopic (exact) mass is 471 g/mol. The van der Waals surface area contributed by atoms with Gasteiger partial charge in [-0.3, -0.25) is 4.79 Å². The molecule has 180 valence electrons. The Labute approximate surface area is 204 Å². The van der Waals surface area contributed by atoms with Crippen molar-refractivity contribution in [2.24, 2.45) is 0 Å². The summed E-state index contributed by atoms with van der Waals surface area (Å²) in [5, 5.41) is 3.13. The summed E-state index contributed by atoms with van der Waals surface area (Å²) in [6.07, 6.45) is 6.07. The molecule has 3 heterocycles. The van der Waals surface area contributed by atoms with Crippen molar-refractivity contribution in [3.8, 4) is 0 Å². The molecule has 2 aliphatic rings. The van der Waals surface area contributed by atoms with E-state index in [1.807, 2.05) is 52.3 Å². The molecule has 1 N–H and O–H groups in total. The van der Waals surface area contributed by atoms with E-state index in [0.29, 0.717) is 44.1 Å². The number of benzene rings is 2. The Morgan fingerprint density at radius 1 is 1.00 bits per heavy atom. The molecule has 1 spiro atoms. The number of aromatic nitrogens is 2. The highest BCUT2D eigenvalue weighted by molar-refractivity contribution is 5.95. The maximum atomic E-state index is 13.3. The zero-order valence-corrected chi connectivity index (χ0v) is 19.6. The van der Waals surface area contributed by atoms with Crippen molar-refractivity contribution in [2.45, 2.75) is 31.3 Å². The molecule has 8 nitrogen and oxygen atoms in total. The van der Waals surface area contributed by atoms with Crippen molar-refractivity contribution >= 4 is 23.6 Å². The summed E-state index contributed by atoms with van der Waals surface area (Å²) in [7, 11) is 0. The molecule has 2 saturated heterocycles. The van der Waals surface area contributed by atoms with Crippen molar-refractivity contribution < 1.29 is 14.3 Å². The first-order valence-electron chi connectivity index (χ1n) is 12.1. The number of ether oxygens (including phenoxy) is 1. The van der Waals surface area contributed by atoms with Crippen molar-refractivity contribution in [1.82, 2.24) is 19.8 Å². The second-order valence-corrected chi connectivity index (χ2v) is 9.13. The van der Waals surface area contributed by atoms with Crippen LogP contribution in [0.15, 0.2) is 73.1 Å². The predicted molar refractivity (Wildman–Crippen MR) is 132 cm³/mol. The molecule has 2 aromatic carbocycles. The third-order valence-electron chi connectivity index (χ3n) is 6.67. The van der Waals surface area contributed by atoms with Gasteiger partial charge in [0.1, 0.15) is 5.60 Å². The second-order valence-electron chi connectivity index (χ2n) is 9.13. The predicted octanol–water partition coefficient (Wildman–Crippen LogP) is 4.28. The number of carbonyl (C=O) groups is 2. The van der Waals surface area contributed by atoms with Crippen molar-refractivity contribution in [1.29, 1.82) is 0 Å². The Morgan fingerprint density at radius 3 is 2.66 bits per heavy atom. The Hall–Kier alpha value is -3.94. The highest BCUT2D eigenvalue weighted by Gasteiger charge is 2.45. The number of rotatable bonds is 6. The number of nitrogens with one attached hydrogen (secondary N) is 1. The van der Waals surface area contributed by atoms with Gasteiger partial charge in [-0.05, 0) is 49.1 Å². The lowest BCUT2D eigenvalue weighted by Crippen LogP contribution is -2.37. The van der Waals surface area contributed by atoms with E-state index in [2.05, 4.69) is 27.4 Å². The first kappa shape index (κ1) is 22.8. The zero-order chi connectivity index (χ0) is 24.1. The van der Waals surface area contributed by atoms with Gasteiger partial charge in [-0.25, -0.2) is 14.8 Å². The number of hydrogen-bond donors (Lipinski definition) is 1. The molecule has 2 aliphatic heterocycles. The maximum absolute atomic E-state index is 13.3. The first-order chi connectivity index (χ1) is 17.1. The molecule has 1 atom stereocenters. The van der Waals surface area contributed by atoms with E-state index in [4.69, 9.17) is 4.74 Å². The fourth-order valence-corrected chi connectivity index (χ4v) is 4.81. The Kier molecular flexibility index (Phi) is 6.61. The number of hydrogen-bond acceptors (Lipinski definition) is 6. The van der Waals surface area contributed by atoms with Crippen molar-refractivity contribution in [3.63, 3.8) is 0 Å². The van der Waals surface area contributed by atoms with E-state index in [9.17, 15) is 9.59 Å². The van der Waals surface area contributed by atoms with Crippen LogP contribution < -0.4 is 5.32 Å². The van der Waals surface area contributed by atoms with Crippen LogP contribution in [0.3, 0.4) is 0 Å². The van der Waals surface area contributed by atoms with Crippen LogP contribution in [0.2, 0.25) is 0 Å². The molecule has 3 aromatic rings. The zero-order valence-electron chi connectivity index (χ0n) is 19.6. The summed E-state index contributed by atoms with van der Waals surface area (Å²) in [6.45, 7) is 2.41. The standard InChI is InChI=1S/C27H29N5O3/c33-24(22-9-4-10-23(19-22)30-25-28-14-6-15-29-25)31-16-5-12-27(13-18-31)20-32(26(34)35-27)17-11-21-7-2-1-3-8-21/h1-4,6-10,14-15,19H,5,11-13,16-18,20H2,(H,28,29,30). The van der Waals surface area contributed by atoms with Gasteiger partial charge in [-0.15, -0.1) is 0 Å². The van der Waals surface area contributed by atoms with Crippen LogP contribution in [0.25, 0.3) is 0 Å². The first-order valence-corrected chi connectivity index (χ1v) is 12.1. The molecule has 1 unspecified atom stereocenters. The molecule has 0 saturated carbocycles. The minimum atomic E-state index is -0.517. The number of carbonyl (C=O) groups excluding carboxylic acids is 2. The van der Waals surface area contributed by atoms with E-state index in [1.165, 1.54) is 5.56 Å². The van der Waals surface area contributed by atoms with Gasteiger partial charge < -0.3 is 19.9 Å². The molecule has 5 rings (SSSR count). The van der Waals surface area contributed by atoms with Crippen LogP contribution in [-0.4, -0.2) is 63.5 Å². The Bertz CT molecular complexity index is 1170. The summed E-state index contributed by atoms with van der Waals surface area (Å²) >= 11 is 0. The number of likely N-dealkylation sites (tertiary alicyclic amines) is 1. The minimum absolute atomic E-state index is 0.0232. The lowest BCUT2D eigenvalue weighted by atomic mass is 9.95. The fraction of sp³-hybridized carbons (Fsp3) is 0.333. The Morgan fingerprint density at radius 2 is 1.83 bits per heavy atom. The van der Waals surface area contributed by atoms with Crippen molar-refractivity contribution in [2.75, 3.05) is 31.5 Å². The minimum Gasteiger partial charge on any atom is -0.441 e. The van der Waals surface area contributed by atoms with Crippen molar-refractivity contribution in [3.05, 3.63) is 84.2 Å². The second kappa shape index (κ2) is 10.1. The summed E-state index contributed by atoms with van der Waals surface area (Å²) in [4.78, 5) is 37.9. The van der Waals surface area contributed by atoms with E-state index in [1.54, 1.807) is 18.5 Å². The third-order valence-corrected chi connectivity index (χ3v) is 6.67. The summed E-state index contributed by atoms with van der Waals surface area (Å²) < 4.78 is 5.92. The molecular formula is C27H29N5O3. The highest BCUT2D eigenvalue weighted by atomic mass is 16.6. The smallest absolute Gasteiger partial charge is 0.410 e. The van der Waals surface area contributed by atoms with Crippen LogP contribution in [0, 0.1) is 0 Å². The van der Waals surface area contributed by atoms with Gasteiger partial charge in [0.05, 0.1) is 6.54 Å². The van der Waals surface area contributed by atoms with Gasteiger partial charge in [0, 0.05) is 49.7 Å². The molecule has 2 fully saturated rings. The highest BCUT2D eigenvalue weighted by Crippen LogP contribution is 2.34. The normalized spacial score (nSPS) is 19.9. The van der Waals surface area contributed by atoms with Gasteiger partial charge in [0.25, 0.3) is 5.91 Å². The molecule has 0 radical (unpaired) electrons. The van der Waals surface area contributed by atoms with Gasteiger partial charge >= 0.3 is 6.09 Å². The maximum Gasteiger partial charge on any atom is 0.410 e. The van der Waals surface area contributed by atoms with E-state index < -0.39 is 5.60 Å². The lowest BCUT2D eigenvalue weighted by molar-refractivity contribution is 0.0438. The van der Waals surface area contributed by atoms with Gasteiger partial charge in [-0.1, -0.05) is 36.4 Å². The molecule has 1 aromatic heterocycles. The molecule has 35 heavy (non-hydrogen) atoms. The van der Waals surface area contributed by atoms with E-state index in [0.717, 1.165) is 24.9 Å². The van der Waals surface area contributed by atoms with Crippen LogP contribution in [0.1, 0.15) is 35.2 Å². The fourth-order valence-electron chi connectivity index (χ4n) is 4.81. The van der Waals surface area contributed by atoms with E-state index >= 15 is 0 Å². The lowest BCUT2D eigenvalue weighted by Gasteiger charge is -2.25. The molecule has 2 amide bonds. The van der Waals surface area contributed by atoms with Gasteiger partial charge in [0.15, 0.2) is 0 Å². The average Bonchev–Trinajstić information content (AvgIpc) is 3.06. The number of anilines is 2. The third kappa shape index (κ3) is 5.42. The quantitative estimate of drug-likeness (QED) is 0.577. The largest absolute Gasteiger partial charge is 0.441 e. The summed E-state index contributed by atoms with van der Waals surface area (Å²) in [6, 6.07) is 19.3. The van der Waals surface area contributed by atoms with Crippen LogP contribution in [0.4, 0.5) is 16.4 Å². The average molecular weight is 472 g/mol. The number of amides is 2. The van der Waals surface area contributed by atoms with Gasteiger partial charge in [-0.2, -0.15) is 0 Å². The Balaban J connectivity index is 1.20. The molecule has 0 bridgehead atoms. The number of nitrogens with zero attached hydrogens (tertiary/aromatic N) is 4. The topological polar surface area (TPSA) is 87.7 Å². The summed E-state index contributed by atoms with van der Waals surface area (Å²) in [5.41, 5.74) is 2.05. The molecular weight excluding hydrogens is 442 g/mol. The SMILES string of the molecule is O=C1OC2(CCCN(C(=O)c3cccc(Nc4ncccn4)c3)CC2)CN1CCc1ccccc1. The summed E-state index contributed by atoms with van der Waals surface area (Å²) in [5.74, 6) is 0.457.